The van der Waals surface area contributed by atoms with Crippen molar-refractivity contribution in [2.24, 2.45) is 5.41 Å². The molecule has 1 atom stereocenters. The van der Waals surface area contributed by atoms with E-state index >= 15 is 0 Å². The Bertz CT molecular complexity index is 511. The van der Waals surface area contributed by atoms with E-state index in [1.54, 1.807) is 13.8 Å². The number of rotatable bonds is 2. The molecule has 0 aliphatic heterocycles. The predicted molar refractivity (Wildman–Crippen MR) is 54.0 cm³/mol. The summed E-state index contributed by atoms with van der Waals surface area (Å²) in [5, 5.41) is 9.19. The molecule has 1 unspecified atom stereocenters. The smallest absolute Gasteiger partial charge is 0.314 e. The Kier molecular flexibility index (Phi) is 2.28. The van der Waals surface area contributed by atoms with Crippen LogP contribution in [-0.4, -0.2) is 11.1 Å². The van der Waals surface area contributed by atoms with Gasteiger partial charge in [0.25, 0.3) is 0 Å². The van der Waals surface area contributed by atoms with Crippen LogP contribution in [0.3, 0.4) is 0 Å². The van der Waals surface area contributed by atoms with Crippen molar-refractivity contribution in [2.75, 3.05) is 0 Å². The average molecular weight is 244 g/mol. The second-order valence-corrected chi connectivity index (χ2v) is 4.99. The first-order chi connectivity index (χ1) is 7.74. The molecule has 5 heteroatoms. The summed E-state index contributed by atoms with van der Waals surface area (Å²) in [5.74, 6) is -5.55. The summed E-state index contributed by atoms with van der Waals surface area (Å²) in [6.07, 6.45) is 0.206. The monoisotopic (exact) mass is 244 g/mol. The van der Waals surface area contributed by atoms with Gasteiger partial charge in [0.2, 0.25) is 0 Å². The minimum Gasteiger partial charge on any atom is -0.481 e. The lowest BCUT2D eigenvalue weighted by molar-refractivity contribution is -0.141. The summed E-state index contributed by atoms with van der Waals surface area (Å²) >= 11 is 0. The summed E-state index contributed by atoms with van der Waals surface area (Å²) in [7, 11) is 0. The number of halogens is 3. The van der Waals surface area contributed by atoms with Gasteiger partial charge in [0.1, 0.15) is 5.41 Å². The molecule has 0 aromatic heterocycles. The first-order valence-corrected chi connectivity index (χ1v) is 5.11. The maximum atomic E-state index is 13.6. The topological polar surface area (TPSA) is 37.3 Å². The van der Waals surface area contributed by atoms with Gasteiger partial charge >= 0.3 is 5.97 Å². The molecule has 0 heterocycles. The van der Waals surface area contributed by atoms with E-state index in [1.165, 1.54) is 0 Å². The first kappa shape index (κ1) is 12.0. The third-order valence-corrected chi connectivity index (χ3v) is 3.60. The number of hydrogen-bond acceptors (Lipinski definition) is 1. The highest BCUT2D eigenvalue weighted by atomic mass is 19.2. The molecule has 0 saturated heterocycles. The average Bonchev–Trinajstić information content (AvgIpc) is 2.80. The molecule has 92 valence electrons. The molecule has 0 spiro atoms. The van der Waals surface area contributed by atoms with E-state index in [2.05, 4.69) is 0 Å². The fraction of sp³-hybridized carbons (Fsp3) is 0.417. The van der Waals surface area contributed by atoms with Crippen LogP contribution >= 0.6 is 0 Å². The number of carbonyl (C=O) groups is 1. The van der Waals surface area contributed by atoms with Crippen LogP contribution in [0.5, 0.6) is 0 Å². The Morgan fingerprint density at radius 2 is 1.76 bits per heavy atom. The first-order valence-electron chi connectivity index (χ1n) is 5.11. The molecule has 1 saturated carbocycles. The highest BCUT2D eigenvalue weighted by molar-refractivity contribution is 5.87. The van der Waals surface area contributed by atoms with Gasteiger partial charge in [-0.25, -0.2) is 13.2 Å². The van der Waals surface area contributed by atoms with Crippen molar-refractivity contribution < 1.29 is 23.1 Å². The molecule has 17 heavy (non-hydrogen) atoms. The number of hydrogen-bond donors (Lipinski definition) is 1. The molecule has 1 aliphatic carbocycles. The van der Waals surface area contributed by atoms with E-state index in [-0.39, 0.29) is 12.0 Å². The molecule has 1 aromatic carbocycles. The molecule has 1 aromatic rings. The molecule has 0 amide bonds. The van der Waals surface area contributed by atoms with E-state index in [1.807, 2.05) is 0 Å². The zero-order valence-electron chi connectivity index (χ0n) is 9.35. The van der Waals surface area contributed by atoms with E-state index < -0.39 is 34.3 Å². The standard InChI is InChI=1S/C12H11F3O2/c1-11(2)5-12(11,10(16)17)6-3-4-7(13)9(15)8(6)14/h3-4H,5H2,1-2H3,(H,16,17). The minimum atomic E-state index is -1.62. The molecule has 0 radical (unpaired) electrons. The molecular weight excluding hydrogens is 233 g/mol. The van der Waals surface area contributed by atoms with Crippen LogP contribution in [0.15, 0.2) is 12.1 Å². The van der Waals surface area contributed by atoms with Gasteiger partial charge in [-0.3, -0.25) is 4.79 Å². The lowest BCUT2D eigenvalue weighted by atomic mass is 9.87. The van der Waals surface area contributed by atoms with Crippen LogP contribution in [-0.2, 0) is 10.2 Å². The maximum Gasteiger partial charge on any atom is 0.314 e. The van der Waals surface area contributed by atoms with E-state index in [9.17, 15) is 23.1 Å². The third-order valence-electron chi connectivity index (χ3n) is 3.60. The Morgan fingerprint density at radius 3 is 2.18 bits per heavy atom. The van der Waals surface area contributed by atoms with Crippen molar-refractivity contribution in [2.45, 2.75) is 25.7 Å². The van der Waals surface area contributed by atoms with Crippen LogP contribution in [0.25, 0.3) is 0 Å². The van der Waals surface area contributed by atoms with Gasteiger partial charge in [0.15, 0.2) is 17.5 Å². The lowest BCUT2D eigenvalue weighted by Crippen LogP contribution is -2.27. The molecule has 0 bridgehead atoms. The normalized spacial score (nSPS) is 25.7. The Balaban J connectivity index is 2.63. The minimum absolute atomic E-state index is 0.206. The fourth-order valence-corrected chi connectivity index (χ4v) is 2.41. The zero-order valence-corrected chi connectivity index (χ0v) is 9.35. The summed E-state index contributed by atoms with van der Waals surface area (Å²) < 4.78 is 39.5. The maximum absolute atomic E-state index is 13.6. The van der Waals surface area contributed by atoms with Crippen molar-refractivity contribution in [3.05, 3.63) is 35.1 Å². The van der Waals surface area contributed by atoms with Crippen LogP contribution in [0.1, 0.15) is 25.8 Å². The van der Waals surface area contributed by atoms with Crippen LogP contribution in [0, 0.1) is 22.9 Å². The van der Waals surface area contributed by atoms with Gasteiger partial charge in [-0.05, 0) is 17.9 Å². The number of carboxylic acids is 1. The van der Waals surface area contributed by atoms with E-state index in [0.29, 0.717) is 0 Å². The summed E-state index contributed by atoms with van der Waals surface area (Å²) in [5.41, 5.74) is -2.40. The Hall–Kier alpha value is -1.52. The SMILES string of the molecule is CC1(C)CC1(C(=O)O)c1ccc(F)c(F)c1F. The van der Waals surface area contributed by atoms with Crippen molar-refractivity contribution in [1.29, 1.82) is 0 Å². The molecule has 1 N–H and O–H groups in total. The van der Waals surface area contributed by atoms with E-state index in [4.69, 9.17) is 0 Å². The fourth-order valence-electron chi connectivity index (χ4n) is 2.41. The summed E-state index contributed by atoms with van der Waals surface area (Å²) in [6, 6.07) is 1.77. The van der Waals surface area contributed by atoms with Gasteiger partial charge in [0.05, 0.1) is 0 Å². The molecule has 2 rings (SSSR count). The third kappa shape index (κ3) is 1.38. The lowest BCUT2D eigenvalue weighted by Gasteiger charge is -2.17. The van der Waals surface area contributed by atoms with Crippen LogP contribution in [0.4, 0.5) is 13.2 Å². The van der Waals surface area contributed by atoms with E-state index in [0.717, 1.165) is 12.1 Å². The van der Waals surface area contributed by atoms with Gasteiger partial charge in [-0.15, -0.1) is 0 Å². The second-order valence-electron chi connectivity index (χ2n) is 4.99. The van der Waals surface area contributed by atoms with Crippen LogP contribution < -0.4 is 0 Å². The Morgan fingerprint density at radius 1 is 1.24 bits per heavy atom. The van der Waals surface area contributed by atoms with Gasteiger partial charge in [0, 0.05) is 5.56 Å². The number of benzene rings is 1. The quantitative estimate of drug-likeness (QED) is 0.812. The highest BCUT2D eigenvalue weighted by Gasteiger charge is 2.68. The number of carboxylic acid groups (broad SMARTS) is 1. The van der Waals surface area contributed by atoms with Gasteiger partial charge in [-0.2, -0.15) is 0 Å². The second kappa shape index (κ2) is 3.24. The van der Waals surface area contributed by atoms with Crippen molar-refractivity contribution in [1.82, 2.24) is 0 Å². The van der Waals surface area contributed by atoms with Crippen molar-refractivity contribution >= 4 is 5.97 Å². The van der Waals surface area contributed by atoms with Crippen molar-refractivity contribution in [3.8, 4) is 0 Å². The molecule has 2 nitrogen and oxygen atoms in total. The molecule has 1 aliphatic rings. The van der Waals surface area contributed by atoms with Gasteiger partial charge < -0.3 is 5.11 Å². The van der Waals surface area contributed by atoms with Crippen molar-refractivity contribution in [3.63, 3.8) is 0 Å². The zero-order chi connectivity index (χ0) is 13.0. The Labute approximate surface area is 96.1 Å². The predicted octanol–water partition coefficient (Wildman–Crippen LogP) is 2.86. The van der Waals surface area contributed by atoms with Crippen LogP contribution in [0.2, 0.25) is 0 Å². The summed E-state index contributed by atoms with van der Waals surface area (Å²) in [6.45, 7) is 3.31. The number of aliphatic carboxylic acids is 1. The largest absolute Gasteiger partial charge is 0.481 e. The molecule has 1 fully saturated rings. The van der Waals surface area contributed by atoms with Gasteiger partial charge in [-0.1, -0.05) is 19.9 Å². The molecular formula is C12H11F3O2. The summed E-state index contributed by atoms with van der Waals surface area (Å²) in [4.78, 5) is 11.3. The highest BCUT2D eigenvalue weighted by Crippen LogP contribution is 2.64.